The Labute approximate surface area is 139 Å². The third-order valence-electron chi connectivity index (χ3n) is 1.63. The molecule has 0 spiro atoms. The van der Waals surface area contributed by atoms with E-state index in [4.69, 9.17) is 9.29 Å². The molecule has 0 aliphatic heterocycles. The molecule has 1 rings (SSSR count). The minimum Gasteiger partial charge on any atom is -0.862 e. The second-order valence-corrected chi connectivity index (χ2v) is 3.65. The SMILES string of the molecule is COc1ccc(S(=O)O)c(N=C(C)[O-])c1.[K+]. The molecule has 7 heteroatoms. The molecule has 1 unspecified atom stereocenters. The van der Waals surface area contributed by atoms with E-state index in [0.29, 0.717) is 5.75 Å². The standard InChI is InChI=1S/C9H11NO4S.K/c1-6(11)10-8-5-7(14-2)3-4-9(8)15(12)13;/h3-5H,1-2H3,(H,10,11)(H,12,13);/q;+1/p-1. The van der Waals surface area contributed by atoms with Crippen LogP contribution in [0.2, 0.25) is 0 Å². The van der Waals surface area contributed by atoms with Crippen molar-refractivity contribution in [2.45, 2.75) is 11.8 Å². The zero-order valence-corrected chi connectivity index (χ0v) is 13.2. The van der Waals surface area contributed by atoms with E-state index >= 15 is 0 Å². The number of benzene rings is 1. The Morgan fingerprint density at radius 3 is 2.62 bits per heavy atom. The van der Waals surface area contributed by atoms with Gasteiger partial charge in [0.25, 0.3) is 0 Å². The largest absolute Gasteiger partial charge is 1.00 e. The van der Waals surface area contributed by atoms with Gasteiger partial charge in [-0.1, -0.05) is 0 Å². The summed E-state index contributed by atoms with van der Waals surface area (Å²) in [6, 6.07) is 4.37. The maximum absolute atomic E-state index is 10.9. The normalized spacial score (nSPS) is 12.8. The van der Waals surface area contributed by atoms with Crippen molar-refractivity contribution >= 4 is 22.7 Å². The van der Waals surface area contributed by atoms with E-state index in [0.717, 1.165) is 0 Å². The summed E-state index contributed by atoms with van der Waals surface area (Å²) in [5.41, 5.74) is 0.155. The van der Waals surface area contributed by atoms with Crippen molar-refractivity contribution in [3.8, 4) is 5.75 Å². The molecule has 0 aromatic heterocycles. The number of aliphatic imine (C=N–C) groups is 1. The Kier molecular flexibility index (Phi) is 7.65. The first-order valence-corrected chi connectivity index (χ1v) is 5.16. The van der Waals surface area contributed by atoms with Crippen LogP contribution in [0, 0.1) is 0 Å². The van der Waals surface area contributed by atoms with Gasteiger partial charge in [-0.15, -0.1) is 0 Å². The summed E-state index contributed by atoms with van der Waals surface area (Å²) in [5.74, 6) is 0.0409. The summed E-state index contributed by atoms with van der Waals surface area (Å²) < 4.78 is 24.8. The Morgan fingerprint density at radius 2 is 2.19 bits per heavy atom. The van der Waals surface area contributed by atoms with Gasteiger partial charge in [0.15, 0.2) is 11.1 Å². The predicted octanol–water partition coefficient (Wildman–Crippen LogP) is -2.31. The van der Waals surface area contributed by atoms with Gasteiger partial charge < -0.3 is 14.4 Å². The van der Waals surface area contributed by atoms with Gasteiger partial charge in [0.1, 0.15) is 5.75 Å². The molecular formula is C9H10KNO4S. The van der Waals surface area contributed by atoms with E-state index in [1.807, 2.05) is 0 Å². The Bertz CT molecular complexity index is 418. The fraction of sp³-hybridized carbons (Fsp3) is 0.222. The average molecular weight is 267 g/mol. The number of nitrogens with zero attached hydrogens (tertiary/aromatic N) is 1. The van der Waals surface area contributed by atoms with Gasteiger partial charge in [-0.05, 0) is 25.0 Å². The van der Waals surface area contributed by atoms with Crippen LogP contribution < -0.4 is 61.2 Å². The van der Waals surface area contributed by atoms with Gasteiger partial charge in [-0.25, -0.2) is 4.21 Å². The van der Waals surface area contributed by atoms with Crippen molar-refractivity contribution in [1.29, 1.82) is 0 Å². The fourth-order valence-electron chi connectivity index (χ4n) is 1.03. The molecule has 82 valence electrons. The van der Waals surface area contributed by atoms with Gasteiger partial charge in [-0.2, -0.15) is 0 Å². The van der Waals surface area contributed by atoms with Crippen LogP contribution in [0.25, 0.3) is 0 Å². The summed E-state index contributed by atoms with van der Waals surface area (Å²) in [7, 11) is 1.46. The number of rotatable bonds is 3. The molecule has 0 radical (unpaired) electrons. The smallest absolute Gasteiger partial charge is 0.862 e. The van der Waals surface area contributed by atoms with Crippen LogP contribution in [-0.4, -0.2) is 21.8 Å². The van der Waals surface area contributed by atoms with Gasteiger partial charge >= 0.3 is 51.4 Å². The summed E-state index contributed by atoms with van der Waals surface area (Å²) in [4.78, 5) is 3.71. The maximum Gasteiger partial charge on any atom is 1.00 e. The maximum atomic E-state index is 10.9. The molecule has 0 fully saturated rings. The first-order valence-electron chi connectivity index (χ1n) is 4.06. The molecular weight excluding hydrogens is 257 g/mol. The van der Waals surface area contributed by atoms with E-state index in [1.54, 1.807) is 0 Å². The topological polar surface area (TPSA) is 82.0 Å². The van der Waals surface area contributed by atoms with Crippen molar-refractivity contribution < 1.29 is 70.0 Å². The second kappa shape index (κ2) is 7.54. The summed E-state index contributed by atoms with van der Waals surface area (Å²) >= 11 is -2.17. The van der Waals surface area contributed by atoms with Crippen LogP contribution in [0.1, 0.15) is 6.92 Å². The van der Waals surface area contributed by atoms with E-state index in [1.165, 1.54) is 32.2 Å². The first-order chi connectivity index (χ1) is 7.04. The Balaban J connectivity index is 0.00000225. The van der Waals surface area contributed by atoms with Gasteiger partial charge in [-0.3, -0.25) is 4.99 Å². The predicted molar refractivity (Wildman–Crippen MR) is 54.8 cm³/mol. The zero-order chi connectivity index (χ0) is 11.4. The molecule has 1 N–H and O–H groups in total. The van der Waals surface area contributed by atoms with Gasteiger partial charge in [0.05, 0.1) is 17.7 Å². The molecule has 0 saturated heterocycles. The monoisotopic (exact) mass is 267 g/mol. The minimum absolute atomic E-state index is 0. The quantitative estimate of drug-likeness (QED) is 0.289. The van der Waals surface area contributed by atoms with Crippen molar-refractivity contribution in [2.75, 3.05) is 7.11 Å². The fourth-order valence-corrected chi connectivity index (χ4v) is 1.50. The molecule has 1 aromatic carbocycles. The number of ether oxygens (including phenoxy) is 1. The van der Waals surface area contributed by atoms with Crippen LogP contribution >= 0.6 is 0 Å². The molecule has 0 aliphatic rings. The van der Waals surface area contributed by atoms with Crippen LogP contribution in [-0.2, 0) is 11.1 Å². The average Bonchev–Trinajstić information content (AvgIpc) is 2.16. The summed E-state index contributed by atoms with van der Waals surface area (Å²) in [5, 5.41) is 10.8. The van der Waals surface area contributed by atoms with Crippen LogP contribution in [0.5, 0.6) is 5.75 Å². The van der Waals surface area contributed by atoms with E-state index in [-0.39, 0.29) is 62.0 Å². The van der Waals surface area contributed by atoms with Crippen LogP contribution in [0.4, 0.5) is 5.69 Å². The summed E-state index contributed by atoms with van der Waals surface area (Å²) in [6.45, 7) is 1.27. The molecule has 1 atom stereocenters. The van der Waals surface area contributed by atoms with Crippen LogP contribution in [0.15, 0.2) is 28.1 Å². The molecule has 0 bridgehead atoms. The molecule has 0 aliphatic carbocycles. The second-order valence-electron chi connectivity index (χ2n) is 2.71. The van der Waals surface area contributed by atoms with Gasteiger partial charge in [0, 0.05) is 6.07 Å². The van der Waals surface area contributed by atoms with E-state index in [2.05, 4.69) is 4.99 Å². The van der Waals surface area contributed by atoms with Crippen molar-refractivity contribution in [2.24, 2.45) is 4.99 Å². The number of hydrogen-bond acceptors (Lipinski definition) is 4. The van der Waals surface area contributed by atoms with Gasteiger partial charge in [0.2, 0.25) is 0 Å². The Hall–Kier alpha value is 0.236. The van der Waals surface area contributed by atoms with Crippen LogP contribution in [0.3, 0.4) is 0 Å². The zero-order valence-electron chi connectivity index (χ0n) is 9.26. The van der Waals surface area contributed by atoms with Crippen molar-refractivity contribution in [3.63, 3.8) is 0 Å². The molecule has 16 heavy (non-hydrogen) atoms. The molecule has 1 aromatic rings. The first kappa shape index (κ1) is 16.2. The number of methoxy groups -OCH3 is 1. The van der Waals surface area contributed by atoms with E-state index in [9.17, 15) is 9.32 Å². The Morgan fingerprint density at radius 1 is 1.56 bits per heavy atom. The van der Waals surface area contributed by atoms with Crippen molar-refractivity contribution in [3.05, 3.63) is 18.2 Å². The molecule has 0 heterocycles. The third kappa shape index (κ3) is 4.62. The molecule has 0 saturated carbocycles. The minimum atomic E-state index is -2.17. The third-order valence-corrected chi connectivity index (χ3v) is 2.35. The van der Waals surface area contributed by atoms with E-state index < -0.39 is 17.0 Å². The molecule has 5 nitrogen and oxygen atoms in total. The number of hydrogen-bond donors (Lipinski definition) is 1. The van der Waals surface area contributed by atoms with Crippen molar-refractivity contribution in [1.82, 2.24) is 0 Å². The molecule has 0 amide bonds. The summed E-state index contributed by atoms with van der Waals surface area (Å²) in [6.07, 6.45) is 0.